The fourth-order valence-corrected chi connectivity index (χ4v) is 4.58. The molecule has 2 atom stereocenters. The van der Waals surface area contributed by atoms with Crippen molar-refractivity contribution in [1.82, 2.24) is 15.5 Å². The van der Waals surface area contributed by atoms with Crippen molar-refractivity contribution in [1.29, 1.82) is 0 Å². The number of carbonyl (C=O) groups is 2. The Kier molecular flexibility index (Phi) is 6.77. The Morgan fingerprint density at radius 2 is 1.96 bits per heavy atom. The number of amides is 2. The molecule has 5 nitrogen and oxygen atoms in total. The Hall–Kier alpha value is -1.59. The highest BCUT2D eigenvalue weighted by molar-refractivity contribution is 5.94. The summed E-state index contributed by atoms with van der Waals surface area (Å²) in [5.74, 6) is 0.616. The minimum atomic E-state index is -0.0252. The van der Waals surface area contributed by atoms with Crippen molar-refractivity contribution in [2.75, 3.05) is 26.2 Å². The fourth-order valence-electron chi connectivity index (χ4n) is 4.58. The number of nitrogens with one attached hydrogen (secondary N) is 2. The van der Waals surface area contributed by atoms with E-state index in [0.717, 1.165) is 63.7 Å². The highest BCUT2D eigenvalue weighted by atomic mass is 35.5. The summed E-state index contributed by atoms with van der Waals surface area (Å²) in [6.45, 7) is 3.17. The van der Waals surface area contributed by atoms with Crippen LogP contribution in [0, 0.1) is 5.92 Å². The van der Waals surface area contributed by atoms with Gasteiger partial charge in [-0.1, -0.05) is 6.07 Å². The first kappa shape index (κ1) is 20.2. The number of carbonyl (C=O) groups excluding carboxylic acids is 2. The van der Waals surface area contributed by atoms with Crippen LogP contribution in [0.15, 0.2) is 18.2 Å². The predicted molar refractivity (Wildman–Crippen MR) is 108 cm³/mol. The van der Waals surface area contributed by atoms with Crippen LogP contribution in [0.5, 0.6) is 0 Å². The topological polar surface area (TPSA) is 61.4 Å². The smallest absolute Gasteiger partial charge is 0.253 e. The van der Waals surface area contributed by atoms with E-state index in [4.69, 9.17) is 0 Å². The molecule has 0 aromatic heterocycles. The molecule has 0 saturated carbocycles. The average molecular weight is 392 g/mol. The molecular formula is C21H30ClN3O2. The Bertz CT molecular complexity index is 688. The molecule has 2 fully saturated rings. The molecule has 1 aromatic carbocycles. The third-order valence-corrected chi connectivity index (χ3v) is 6.09. The SMILES string of the molecule is Cl.O=C(NCC1CCCN(C(=O)c2ccc3c(c2)CCC3)C1)C1CCCN1. The molecule has 6 heteroatoms. The van der Waals surface area contributed by atoms with Crippen LogP contribution in [0.1, 0.15) is 53.6 Å². The molecule has 4 rings (SSSR count). The Morgan fingerprint density at radius 3 is 2.78 bits per heavy atom. The summed E-state index contributed by atoms with van der Waals surface area (Å²) in [4.78, 5) is 27.1. The third-order valence-electron chi connectivity index (χ3n) is 6.09. The first-order valence-electron chi connectivity index (χ1n) is 10.1. The van der Waals surface area contributed by atoms with E-state index in [1.54, 1.807) is 0 Å². The summed E-state index contributed by atoms with van der Waals surface area (Å²) < 4.78 is 0. The number of benzene rings is 1. The lowest BCUT2D eigenvalue weighted by molar-refractivity contribution is -0.123. The fraction of sp³-hybridized carbons (Fsp3) is 0.619. The summed E-state index contributed by atoms with van der Waals surface area (Å²) in [5, 5.41) is 6.32. The Balaban J connectivity index is 0.00000210. The number of rotatable bonds is 4. The van der Waals surface area contributed by atoms with E-state index >= 15 is 0 Å². The van der Waals surface area contributed by atoms with Crippen molar-refractivity contribution in [3.05, 3.63) is 34.9 Å². The molecule has 2 amide bonds. The van der Waals surface area contributed by atoms with E-state index in [-0.39, 0.29) is 30.3 Å². The maximum absolute atomic E-state index is 12.9. The first-order valence-corrected chi connectivity index (χ1v) is 10.1. The zero-order chi connectivity index (χ0) is 17.9. The van der Waals surface area contributed by atoms with Crippen molar-refractivity contribution in [3.8, 4) is 0 Å². The molecular weight excluding hydrogens is 362 g/mol. The average Bonchev–Trinajstić information content (AvgIpc) is 3.36. The second-order valence-electron chi connectivity index (χ2n) is 7.99. The number of likely N-dealkylation sites (tertiary alicyclic amines) is 1. The van der Waals surface area contributed by atoms with Crippen molar-refractivity contribution in [2.24, 2.45) is 5.92 Å². The van der Waals surface area contributed by atoms with Crippen LogP contribution >= 0.6 is 12.4 Å². The van der Waals surface area contributed by atoms with Gasteiger partial charge in [-0.15, -0.1) is 12.4 Å². The first-order chi connectivity index (χ1) is 12.7. The van der Waals surface area contributed by atoms with Gasteiger partial charge in [0.05, 0.1) is 6.04 Å². The Morgan fingerprint density at radius 1 is 1.11 bits per heavy atom. The van der Waals surface area contributed by atoms with E-state index < -0.39 is 0 Å². The largest absolute Gasteiger partial charge is 0.354 e. The van der Waals surface area contributed by atoms with Crippen LogP contribution in [-0.4, -0.2) is 48.9 Å². The quantitative estimate of drug-likeness (QED) is 0.828. The molecule has 27 heavy (non-hydrogen) atoms. The van der Waals surface area contributed by atoms with Crippen LogP contribution < -0.4 is 10.6 Å². The van der Waals surface area contributed by atoms with E-state index in [2.05, 4.69) is 22.8 Å². The zero-order valence-corrected chi connectivity index (χ0v) is 16.7. The highest BCUT2D eigenvalue weighted by Gasteiger charge is 2.27. The van der Waals surface area contributed by atoms with Crippen LogP contribution in [0.25, 0.3) is 0 Å². The number of aryl methyl sites for hydroxylation is 2. The normalized spacial score (nSPS) is 24.2. The Labute approximate surface area is 167 Å². The standard InChI is InChI=1S/C21H29N3O2.ClH/c25-20(19-7-2-10-22-19)23-13-15-4-3-11-24(14-15)21(26)18-9-8-16-5-1-6-17(16)12-18;/h8-9,12,15,19,22H,1-7,10-11,13-14H2,(H,23,25);1H. The monoisotopic (exact) mass is 391 g/mol. The zero-order valence-electron chi connectivity index (χ0n) is 15.8. The summed E-state index contributed by atoms with van der Waals surface area (Å²) >= 11 is 0. The van der Waals surface area contributed by atoms with Crippen molar-refractivity contribution in [2.45, 2.75) is 51.0 Å². The lowest BCUT2D eigenvalue weighted by Gasteiger charge is -2.33. The molecule has 0 radical (unpaired) electrons. The van der Waals surface area contributed by atoms with Crippen molar-refractivity contribution < 1.29 is 9.59 Å². The second-order valence-corrected chi connectivity index (χ2v) is 7.99. The molecule has 1 aliphatic carbocycles. The lowest BCUT2D eigenvalue weighted by atomic mass is 9.96. The van der Waals surface area contributed by atoms with Gasteiger partial charge >= 0.3 is 0 Å². The van der Waals surface area contributed by atoms with E-state index in [1.807, 2.05) is 11.0 Å². The summed E-state index contributed by atoms with van der Waals surface area (Å²) in [7, 11) is 0. The minimum Gasteiger partial charge on any atom is -0.354 e. The molecule has 0 spiro atoms. The summed E-state index contributed by atoms with van der Waals surface area (Å²) in [6, 6.07) is 6.19. The molecule has 148 valence electrons. The van der Waals surface area contributed by atoms with Crippen LogP contribution in [0.4, 0.5) is 0 Å². The van der Waals surface area contributed by atoms with Gasteiger partial charge < -0.3 is 15.5 Å². The van der Waals surface area contributed by atoms with Gasteiger partial charge in [0.15, 0.2) is 0 Å². The van der Waals surface area contributed by atoms with E-state index in [9.17, 15) is 9.59 Å². The third kappa shape index (κ3) is 4.64. The van der Waals surface area contributed by atoms with E-state index in [0.29, 0.717) is 12.5 Å². The maximum Gasteiger partial charge on any atom is 0.253 e. The molecule has 2 unspecified atom stereocenters. The van der Waals surface area contributed by atoms with Crippen molar-refractivity contribution >= 4 is 24.2 Å². The van der Waals surface area contributed by atoms with E-state index in [1.165, 1.54) is 17.5 Å². The van der Waals surface area contributed by atoms with Crippen LogP contribution in [0.2, 0.25) is 0 Å². The molecule has 1 aromatic rings. The van der Waals surface area contributed by atoms with Gasteiger partial charge in [-0.2, -0.15) is 0 Å². The summed E-state index contributed by atoms with van der Waals surface area (Å²) in [5.41, 5.74) is 3.58. The molecule has 3 aliphatic rings. The van der Waals surface area contributed by atoms with Gasteiger partial charge in [-0.3, -0.25) is 9.59 Å². The van der Waals surface area contributed by atoms with Gasteiger partial charge in [0, 0.05) is 25.2 Å². The van der Waals surface area contributed by atoms with Gasteiger partial charge in [-0.25, -0.2) is 0 Å². The second kappa shape index (κ2) is 9.07. The maximum atomic E-state index is 12.9. The number of piperidine rings is 1. The summed E-state index contributed by atoms with van der Waals surface area (Å²) in [6.07, 6.45) is 7.54. The number of fused-ring (bicyclic) bond motifs is 1. The molecule has 2 saturated heterocycles. The van der Waals surface area contributed by atoms with Crippen LogP contribution in [0.3, 0.4) is 0 Å². The lowest BCUT2D eigenvalue weighted by Crippen LogP contribution is -2.46. The minimum absolute atomic E-state index is 0. The highest BCUT2D eigenvalue weighted by Crippen LogP contribution is 2.24. The predicted octanol–water partition coefficient (Wildman–Crippen LogP) is 2.32. The van der Waals surface area contributed by atoms with Gasteiger partial charge in [0.2, 0.25) is 5.91 Å². The van der Waals surface area contributed by atoms with Gasteiger partial charge in [0.1, 0.15) is 0 Å². The number of hydrogen-bond donors (Lipinski definition) is 2. The van der Waals surface area contributed by atoms with Crippen LogP contribution in [-0.2, 0) is 17.6 Å². The molecule has 2 N–H and O–H groups in total. The number of hydrogen-bond acceptors (Lipinski definition) is 3. The molecule has 2 heterocycles. The van der Waals surface area contributed by atoms with Gasteiger partial charge in [0.25, 0.3) is 5.91 Å². The number of halogens is 1. The molecule has 0 bridgehead atoms. The van der Waals surface area contributed by atoms with Gasteiger partial charge in [-0.05, 0) is 80.7 Å². The van der Waals surface area contributed by atoms with Crippen molar-refractivity contribution in [3.63, 3.8) is 0 Å². The molecule has 2 aliphatic heterocycles. The number of nitrogens with zero attached hydrogens (tertiary/aromatic N) is 1.